The highest BCUT2D eigenvalue weighted by atomic mass is 19.4. The van der Waals surface area contributed by atoms with Gasteiger partial charge in [0.1, 0.15) is 11.3 Å². The molecule has 1 fully saturated rings. The molecule has 8 nitrogen and oxygen atoms in total. The van der Waals surface area contributed by atoms with Gasteiger partial charge in [0.25, 0.3) is 5.91 Å². The van der Waals surface area contributed by atoms with Gasteiger partial charge in [0, 0.05) is 25.5 Å². The molecule has 4 rings (SSSR count). The second-order valence-electron chi connectivity index (χ2n) is 7.93. The number of amides is 1. The lowest BCUT2D eigenvalue weighted by molar-refractivity contribution is -0.138. The quantitative estimate of drug-likeness (QED) is 0.559. The Morgan fingerprint density at radius 1 is 1.15 bits per heavy atom. The minimum Gasteiger partial charge on any atom is -0.352 e. The van der Waals surface area contributed by atoms with Crippen molar-refractivity contribution in [2.24, 2.45) is 5.92 Å². The topological polar surface area (TPSA) is 88.8 Å². The Labute approximate surface area is 190 Å². The van der Waals surface area contributed by atoms with Crippen molar-refractivity contribution in [1.82, 2.24) is 29.9 Å². The maximum Gasteiger partial charge on any atom is 0.419 e. The van der Waals surface area contributed by atoms with E-state index in [0.29, 0.717) is 18.8 Å². The third-order valence-electron chi connectivity index (χ3n) is 5.75. The number of likely N-dealkylation sites (tertiary alicyclic amines) is 1. The third kappa shape index (κ3) is 4.68. The molecule has 1 N–H and O–H groups in total. The van der Waals surface area contributed by atoms with E-state index in [4.69, 9.17) is 0 Å². The number of piperidine rings is 1. The lowest BCUT2D eigenvalue weighted by atomic mass is 9.90. The van der Waals surface area contributed by atoms with E-state index < -0.39 is 40.9 Å². The van der Waals surface area contributed by atoms with E-state index in [0.717, 1.165) is 17.3 Å². The minimum absolute atomic E-state index is 0.00934. The Morgan fingerprint density at radius 3 is 2.47 bits per heavy atom. The normalized spacial score (nSPS) is 18.7. The number of nitrogens with zero attached hydrogens (tertiary/aromatic N) is 6. The van der Waals surface area contributed by atoms with Gasteiger partial charge in [0.05, 0.1) is 24.0 Å². The standard InChI is InChI=1S/C21H20F5N7O/c1-12-3-2-8-32(16(12)11-29-20-27-9-13(10-28-20)21(24,25)26)19(34)17-15(33-30-6-7-31-33)5-4-14(22)18(17)23/h4-7,9-10,12,16H,2-3,8,11H2,1H3,(H,27,28,29). The molecule has 3 aromatic rings. The number of aromatic nitrogens is 5. The van der Waals surface area contributed by atoms with E-state index in [1.807, 2.05) is 6.92 Å². The van der Waals surface area contributed by atoms with E-state index in [-0.39, 0.29) is 30.6 Å². The van der Waals surface area contributed by atoms with Gasteiger partial charge in [-0.1, -0.05) is 6.92 Å². The molecule has 0 aliphatic carbocycles. The van der Waals surface area contributed by atoms with Crippen LogP contribution in [0.5, 0.6) is 0 Å². The number of carbonyl (C=O) groups is 1. The first-order valence-electron chi connectivity index (χ1n) is 10.5. The largest absolute Gasteiger partial charge is 0.419 e. The number of rotatable bonds is 5. The van der Waals surface area contributed by atoms with Crippen LogP contribution in [0.15, 0.2) is 36.9 Å². The summed E-state index contributed by atoms with van der Waals surface area (Å²) in [6, 6.07) is 1.64. The van der Waals surface area contributed by atoms with E-state index in [1.165, 1.54) is 23.4 Å². The molecule has 1 saturated heterocycles. The Balaban J connectivity index is 1.59. The van der Waals surface area contributed by atoms with Crippen molar-refractivity contribution < 1.29 is 26.7 Å². The second kappa shape index (κ2) is 9.31. The Hall–Kier alpha value is -3.64. The van der Waals surface area contributed by atoms with Gasteiger partial charge < -0.3 is 10.2 Å². The number of alkyl halides is 3. The molecule has 2 atom stereocenters. The molecule has 1 aliphatic rings. The van der Waals surface area contributed by atoms with Crippen LogP contribution in [-0.2, 0) is 6.18 Å². The molecule has 0 bridgehead atoms. The predicted octanol–water partition coefficient (Wildman–Crippen LogP) is 3.71. The maximum atomic E-state index is 14.8. The van der Waals surface area contributed by atoms with Gasteiger partial charge >= 0.3 is 6.18 Å². The van der Waals surface area contributed by atoms with Gasteiger partial charge in [0.15, 0.2) is 11.6 Å². The number of hydrogen-bond acceptors (Lipinski definition) is 6. The summed E-state index contributed by atoms with van der Waals surface area (Å²) < 4.78 is 67.1. The maximum absolute atomic E-state index is 14.8. The van der Waals surface area contributed by atoms with Gasteiger partial charge in [-0.25, -0.2) is 18.7 Å². The van der Waals surface area contributed by atoms with Gasteiger partial charge in [-0.2, -0.15) is 28.2 Å². The molecule has 2 unspecified atom stereocenters. The van der Waals surface area contributed by atoms with Crippen molar-refractivity contribution in [1.29, 1.82) is 0 Å². The van der Waals surface area contributed by atoms with Gasteiger partial charge in [-0.05, 0) is 30.9 Å². The molecule has 1 amide bonds. The summed E-state index contributed by atoms with van der Waals surface area (Å²) in [5.74, 6) is -3.32. The number of halogens is 5. The monoisotopic (exact) mass is 481 g/mol. The summed E-state index contributed by atoms with van der Waals surface area (Å²) in [5, 5.41) is 10.7. The van der Waals surface area contributed by atoms with Crippen molar-refractivity contribution in [2.75, 3.05) is 18.4 Å². The zero-order chi connectivity index (χ0) is 24.5. The van der Waals surface area contributed by atoms with Crippen LogP contribution in [0.1, 0.15) is 35.7 Å². The SMILES string of the molecule is CC1CCCN(C(=O)c2c(-n3nccn3)ccc(F)c2F)C1CNc1ncc(C(F)(F)F)cn1. The fourth-order valence-electron chi connectivity index (χ4n) is 3.97. The smallest absolute Gasteiger partial charge is 0.352 e. The van der Waals surface area contributed by atoms with E-state index in [2.05, 4.69) is 25.5 Å². The fourth-order valence-corrected chi connectivity index (χ4v) is 3.97. The molecular weight excluding hydrogens is 461 g/mol. The number of carbonyl (C=O) groups excluding carboxylic acids is 1. The second-order valence-corrected chi connectivity index (χ2v) is 7.93. The number of anilines is 1. The van der Waals surface area contributed by atoms with E-state index >= 15 is 0 Å². The Morgan fingerprint density at radius 2 is 1.82 bits per heavy atom. The molecule has 180 valence electrons. The lowest BCUT2D eigenvalue weighted by Crippen LogP contribution is -2.51. The fraction of sp³-hybridized carbons (Fsp3) is 0.381. The van der Waals surface area contributed by atoms with Crippen molar-refractivity contribution in [3.63, 3.8) is 0 Å². The molecule has 1 aliphatic heterocycles. The van der Waals surface area contributed by atoms with Crippen LogP contribution >= 0.6 is 0 Å². The van der Waals surface area contributed by atoms with Crippen LogP contribution in [0.25, 0.3) is 5.69 Å². The zero-order valence-corrected chi connectivity index (χ0v) is 17.9. The van der Waals surface area contributed by atoms with Crippen molar-refractivity contribution in [2.45, 2.75) is 32.0 Å². The van der Waals surface area contributed by atoms with Crippen LogP contribution in [-0.4, -0.2) is 54.9 Å². The van der Waals surface area contributed by atoms with Gasteiger partial charge in [-0.15, -0.1) is 0 Å². The first-order chi connectivity index (χ1) is 16.2. The van der Waals surface area contributed by atoms with Gasteiger partial charge in [0.2, 0.25) is 5.95 Å². The van der Waals surface area contributed by atoms with Gasteiger partial charge in [-0.3, -0.25) is 4.79 Å². The average Bonchev–Trinajstić information content (AvgIpc) is 3.34. The summed E-state index contributed by atoms with van der Waals surface area (Å²) >= 11 is 0. The zero-order valence-electron chi connectivity index (χ0n) is 17.9. The predicted molar refractivity (Wildman–Crippen MR) is 110 cm³/mol. The van der Waals surface area contributed by atoms with Crippen LogP contribution in [0, 0.1) is 17.6 Å². The molecule has 0 spiro atoms. The molecule has 1 aromatic carbocycles. The Bertz CT molecular complexity index is 1150. The summed E-state index contributed by atoms with van der Waals surface area (Å²) in [6.45, 7) is 2.28. The molecule has 2 aromatic heterocycles. The van der Waals surface area contributed by atoms with Crippen molar-refractivity contribution in [3.05, 3.63) is 59.7 Å². The van der Waals surface area contributed by atoms with Crippen molar-refractivity contribution >= 4 is 11.9 Å². The van der Waals surface area contributed by atoms with Crippen LogP contribution in [0.2, 0.25) is 0 Å². The summed E-state index contributed by atoms with van der Waals surface area (Å²) in [4.78, 5) is 23.3. The molecule has 0 radical (unpaired) electrons. The first kappa shape index (κ1) is 23.5. The minimum atomic E-state index is -4.56. The lowest BCUT2D eigenvalue weighted by Gasteiger charge is -2.40. The van der Waals surface area contributed by atoms with Crippen LogP contribution in [0.3, 0.4) is 0 Å². The van der Waals surface area contributed by atoms with E-state index in [9.17, 15) is 26.7 Å². The molecule has 34 heavy (non-hydrogen) atoms. The Kier molecular flexibility index (Phi) is 6.44. The molecule has 13 heteroatoms. The molecular formula is C21H20F5N7O. The summed E-state index contributed by atoms with van der Waals surface area (Å²) in [7, 11) is 0. The number of benzene rings is 1. The molecule has 0 saturated carbocycles. The van der Waals surface area contributed by atoms with Crippen LogP contribution in [0.4, 0.5) is 27.9 Å². The first-order valence-corrected chi connectivity index (χ1v) is 10.5. The summed E-state index contributed by atoms with van der Waals surface area (Å²) in [5.41, 5.74) is -1.49. The molecule has 3 heterocycles. The number of hydrogen-bond donors (Lipinski definition) is 1. The summed E-state index contributed by atoms with van der Waals surface area (Å²) in [6.07, 6.45) is 0.859. The third-order valence-corrected chi connectivity index (χ3v) is 5.75. The highest BCUT2D eigenvalue weighted by Crippen LogP contribution is 2.30. The highest BCUT2D eigenvalue weighted by Gasteiger charge is 2.36. The van der Waals surface area contributed by atoms with E-state index in [1.54, 1.807) is 0 Å². The highest BCUT2D eigenvalue weighted by molar-refractivity contribution is 5.98. The van der Waals surface area contributed by atoms with Crippen LogP contribution < -0.4 is 5.32 Å². The number of nitrogens with one attached hydrogen (secondary N) is 1. The van der Waals surface area contributed by atoms with Crippen molar-refractivity contribution in [3.8, 4) is 5.69 Å². The average molecular weight is 481 g/mol.